The molecule has 6 heteroatoms. The van der Waals surface area contributed by atoms with E-state index in [9.17, 15) is 14.4 Å². The number of hydrogen-bond acceptors (Lipinski definition) is 4. The van der Waals surface area contributed by atoms with Crippen LogP contribution in [0.2, 0.25) is 0 Å². The number of amides is 1. The van der Waals surface area contributed by atoms with Crippen molar-refractivity contribution in [1.29, 1.82) is 0 Å². The van der Waals surface area contributed by atoms with Gasteiger partial charge in [0, 0.05) is 11.8 Å². The van der Waals surface area contributed by atoms with E-state index in [1.165, 1.54) is 0 Å². The summed E-state index contributed by atoms with van der Waals surface area (Å²) in [6.07, 6.45) is 0. The zero-order valence-electron chi connectivity index (χ0n) is 4.66. The molecule has 0 aromatic rings. The predicted octanol–water partition coefficient (Wildman–Crippen LogP) is -0.577. The maximum atomic E-state index is 10.5. The van der Waals surface area contributed by atoms with Crippen LogP contribution in [0.1, 0.15) is 0 Å². The van der Waals surface area contributed by atoms with E-state index in [-0.39, 0.29) is 0 Å². The predicted molar refractivity (Wildman–Crippen MR) is 32.6 cm³/mol. The van der Waals surface area contributed by atoms with Crippen LogP contribution in [0.15, 0.2) is 0 Å². The average Bonchev–Trinajstić information content (AvgIpc) is 2.10. The summed E-state index contributed by atoms with van der Waals surface area (Å²) in [7, 11) is 0. The normalized spacial score (nSPS) is 24.6. The second-order valence-electron chi connectivity index (χ2n) is 1.62. The lowest BCUT2D eigenvalue weighted by molar-refractivity contribution is -0.140. The van der Waals surface area contributed by atoms with Crippen LogP contribution in [0.5, 0.6) is 0 Å². The molecule has 1 aliphatic heterocycles. The maximum Gasteiger partial charge on any atom is 0.335 e. The summed E-state index contributed by atoms with van der Waals surface area (Å²) >= 11 is 0.387. The van der Waals surface area contributed by atoms with Crippen LogP contribution in [-0.4, -0.2) is 27.5 Å². The minimum absolute atomic E-state index is 0.387. The number of carbonyl (C=O) groups excluding carboxylic acids is 2. The largest absolute Gasteiger partial charge is 0.479 e. The molecule has 5 nitrogen and oxygen atoms in total. The van der Waals surface area contributed by atoms with Gasteiger partial charge in [0.1, 0.15) is 0 Å². The number of aliphatic carboxylic acids is 1. The molecule has 1 unspecified atom stereocenters. The Labute approximate surface area is 59.8 Å². The summed E-state index contributed by atoms with van der Waals surface area (Å²) < 4.78 is 0. The number of carbonyl (C=O) groups is 3. The van der Waals surface area contributed by atoms with Gasteiger partial charge < -0.3 is 10.4 Å². The topological polar surface area (TPSA) is 83.5 Å². The molecule has 54 valence electrons. The number of carboxylic acid groups (broad SMARTS) is 1. The van der Waals surface area contributed by atoms with E-state index in [4.69, 9.17) is 5.11 Å². The third-order valence-electron chi connectivity index (χ3n) is 0.938. The molecule has 0 aliphatic carbocycles. The first-order valence-electron chi connectivity index (χ1n) is 2.36. The van der Waals surface area contributed by atoms with Crippen molar-refractivity contribution in [3.05, 3.63) is 0 Å². The number of hydrogen-bond donors (Lipinski definition) is 2. The number of rotatable bonds is 1. The first-order chi connectivity index (χ1) is 4.61. The molecule has 1 saturated heterocycles. The van der Waals surface area contributed by atoms with Crippen LogP contribution >= 0.6 is 11.8 Å². The van der Waals surface area contributed by atoms with Crippen molar-refractivity contribution >= 4 is 28.1 Å². The van der Waals surface area contributed by atoms with Crippen LogP contribution in [0.4, 0.5) is 4.79 Å². The van der Waals surface area contributed by atoms with Crippen LogP contribution in [0, 0.1) is 0 Å². The van der Waals surface area contributed by atoms with Crippen LogP contribution in [0.25, 0.3) is 0 Å². The van der Waals surface area contributed by atoms with Crippen molar-refractivity contribution in [3.63, 3.8) is 0 Å². The molecule has 1 atom stereocenters. The molecule has 1 fully saturated rings. The van der Waals surface area contributed by atoms with Gasteiger partial charge >= 0.3 is 5.97 Å². The molecule has 0 radical (unpaired) electrons. The molecule has 1 amide bonds. The molecule has 1 rings (SSSR count). The van der Waals surface area contributed by atoms with Gasteiger partial charge in [-0.3, -0.25) is 9.59 Å². The summed E-state index contributed by atoms with van der Waals surface area (Å²) in [5.74, 6) is -1.32. The van der Waals surface area contributed by atoms with Gasteiger partial charge in [0.15, 0.2) is 6.04 Å². The van der Waals surface area contributed by atoms with Gasteiger partial charge in [-0.05, 0) is 0 Å². The quantitative estimate of drug-likeness (QED) is 0.503. The average molecular weight is 161 g/mol. The summed E-state index contributed by atoms with van der Waals surface area (Å²) in [6.45, 7) is 0. The van der Waals surface area contributed by atoms with Crippen LogP contribution in [-0.2, 0) is 9.59 Å². The van der Waals surface area contributed by atoms with E-state index in [1.807, 2.05) is 5.32 Å². The molecule has 1 aliphatic rings. The number of thioether (sulfide) groups is 1. The van der Waals surface area contributed by atoms with Crippen molar-refractivity contribution in [2.75, 3.05) is 0 Å². The molecule has 0 bridgehead atoms. The molecule has 1 heterocycles. The molecule has 0 saturated carbocycles. The summed E-state index contributed by atoms with van der Waals surface area (Å²) in [4.78, 5) is 31.0. The van der Waals surface area contributed by atoms with Gasteiger partial charge in [0.2, 0.25) is 5.12 Å². The Balaban J connectivity index is 2.72. The number of nitrogens with one attached hydrogen (secondary N) is 1. The second-order valence-corrected chi connectivity index (χ2v) is 2.60. The van der Waals surface area contributed by atoms with Crippen molar-refractivity contribution < 1.29 is 19.5 Å². The van der Waals surface area contributed by atoms with Gasteiger partial charge in [-0.15, -0.1) is 0 Å². The monoisotopic (exact) mass is 161 g/mol. The van der Waals surface area contributed by atoms with Gasteiger partial charge in [-0.2, -0.15) is 0 Å². The van der Waals surface area contributed by atoms with E-state index < -0.39 is 22.4 Å². The Bertz CT molecular complexity index is 213. The SMILES string of the molecule is O=C1NC(C(=O)O)C(=O)S1. The van der Waals surface area contributed by atoms with Gasteiger partial charge in [0.05, 0.1) is 0 Å². The minimum atomic E-state index is -1.35. The van der Waals surface area contributed by atoms with Gasteiger partial charge in [0.25, 0.3) is 5.24 Å². The molecule has 10 heavy (non-hydrogen) atoms. The number of carboxylic acids is 1. The highest BCUT2D eigenvalue weighted by molar-refractivity contribution is 8.26. The van der Waals surface area contributed by atoms with Crippen LogP contribution < -0.4 is 5.32 Å². The Kier molecular flexibility index (Phi) is 1.62. The Hall–Kier alpha value is -1.04. The zero-order chi connectivity index (χ0) is 7.72. The molecule has 0 aromatic carbocycles. The van der Waals surface area contributed by atoms with E-state index in [2.05, 4.69) is 0 Å². The third-order valence-corrected chi connectivity index (χ3v) is 1.68. The standard InChI is InChI=1S/C4H3NO4S/c6-2(7)1-3(8)10-4(9)5-1/h1H,(H,5,9)(H,6,7). The first-order valence-corrected chi connectivity index (χ1v) is 3.18. The molecule has 0 aromatic heterocycles. The Morgan fingerprint density at radius 2 is 2.20 bits per heavy atom. The lowest BCUT2D eigenvalue weighted by Gasteiger charge is -1.97. The highest BCUT2D eigenvalue weighted by Gasteiger charge is 2.36. The Morgan fingerprint density at radius 3 is 2.40 bits per heavy atom. The van der Waals surface area contributed by atoms with Gasteiger partial charge in [-0.25, -0.2) is 4.79 Å². The fourth-order valence-electron chi connectivity index (χ4n) is 0.519. The van der Waals surface area contributed by atoms with Gasteiger partial charge in [-0.1, -0.05) is 0 Å². The van der Waals surface area contributed by atoms with Crippen molar-refractivity contribution in [2.24, 2.45) is 0 Å². The maximum absolute atomic E-state index is 10.5. The lowest BCUT2D eigenvalue weighted by Crippen LogP contribution is -2.36. The molecular formula is C4H3NO4S. The zero-order valence-corrected chi connectivity index (χ0v) is 5.47. The highest BCUT2D eigenvalue weighted by Crippen LogP contribution is 2.14. The third kappa shape index (κ3) is 1.10. The fourth-order valence-corrected chi connectivity index (χ4v) is 1.16. The summed E-state index contributed by atoms with van der Waals surface area (Å²) in [5, 5.41) is 8.98. The molecule has 2 N–H and O–H groups in total. The first kappa shape index (κ1) is 7.07. The lowest BCUT2D eigenvalue weighted by atomic mass is 10.3. The van der Waals surface area contributed by atoms with Crippen molar-refractivity contribution in [1.82, 2.24) is 5.32 Å². The molecule has 0 spiro atoms. The second kappa shape index (κ2) is 2.30. The van der Waals surface area contributed by atoms with E-state index in [0.29, 0.717) is 11.8 Å². The fraction of sp³-hybridized carbons (Fsp3) is 0.250. The summed E-state index contributed by atoms with van der Waals surface area (Å²) in [6, 6.07) is -1.35. The Morgan fingerprint density at radius 1 is 1.60 bits per heavy atom. The van der Waals surface area contributed by atoms with Crippen LogP contribution in [0.3, 0.4) is 0 Å². The minimum Gasteiger partial charge on any atom is -0.479 e. The molecular weight excluding hydrogens is 158 g/mol. The van der Waals surface area contributed by atoms with Crippen molar-refractivity contribution in [3.8, 4) is 0 Å². The van der Waals surface area contributed by atoms with E-state index >= 15 is 0 Å². The van der Waals surface area contributed by atoms with Crippen molar-refractivity contribution in [2.45, 2.75) is 6.04 Å². The highest BCUT2D eigenvalue weighted by atomic mass is 32.2. The summed E-state index contributed by atoms with van der Waals surface area (Å²) in [5.41, 5.74) is 0. The van der Waals surface area contributed by atoms with E-state index in [1.54, 1.807) is 0 Å². The van der Waals surface area contributed by atoms with E-state index in [0.717, 1.165) is 0 Å². The smallest absolute Gasteiger partial charge is 0.335 e.